The number of rotatable bonds is 7. The Morgan fingerprint density at radius 2 is 1.74 bits per heavy atom. The first-order valence-electron chi connectivity index (χ1n) is 9.10. The quantitative estimate of drug-likeness (QED) is 0.537. The molecule has 0 unspecified atom stereocenters. The highest BCUT2D eigenvalue weighted by Gasteiger charge is 2.20. The van der Waals surface area contributed by atoms with Gasteiger partial charge in [0.2, 0.25) is 15.9 Å². The van der Waals surface area contributed by atoms with Crippen LogP contribution in [0.3, 0.4) is 0 Å². The molecule has 1 aromatic heterocycles. The van der Waals surface area contributed by atoms with E-state index in [1.165, 1.54) is 36.5 Å². The second kappa shape index (κ2) is 8.87. The van der Waals surface area contributed by atoms with Gasteiger partial charge in [-0.15, -0.1) is 0 Å². The maximum atomic E-state index is 12.5. The summed E-state index contributed by atoms with van der Waals surface area (Å²) in [4.78, 5) is 16.4. The number of carbonyl (C=O) groups excluding carboxylic acids is 1. The predicted octanol–water partition coefficient (Wildman–Crippen LogP) is 2.96. The third kappa shape index (κ3) is 5.56. The first-order chi connectivity index (χ1) is 14.5. The van der Waals surface area contributed by atoms with Crippen LogP contribution in [0.25, 0.3) is 10.4 Å². The first kappa shape index (κ1) is 23.1. The van der Waals surface area contributed by atoms with Crippen molar-refractivity contribution < 1.29 is 21.6 Å². The van der Waals surface area contributed by atoms with Crippen molar-refractivity contribution >= 4 is 42.2 Å². The molecule has 2 N–H and O–H groups in total. The van der Waals surface area contributed by atoms with E-state index in [0.29, 0.717) is 26.8 Å². The average molecular weight is 480 g/mol. The van der Waals surface area contributed by atoms with E-state index >= 15 is 0 Å². The molecular formula is C20H21N3O5S3. The highest BCUT2D eigenvalue weighted by Crippen LogP contribution is 2.34. The van der Waals surface area contributed by atoms with Crippen LogP contribution in [0.15, 0.2) is 58.3 Å². The molecule has 0 atom stereocenters. The molecule has 0 saturated heterocycles. The number of nitrogens with one attached hydrogen (secondary N) is 2. The molecule has 0 aliphatic rings. The molecule has 3 aromatic rings. The summed E-state index contributed by atoms with van der Waals surface area (Å²) in [5.41, 5.74) is 1.59. The van der Waals surface area contributed by atoms with Crippen LogP contribution in [0.5, 0.6) is 0 Å². The number of anilines is 1. The van der Waals surface area contributed by atoms with Crippen LogP contribution in [0.1, 0.15) is 18.2 Å². The van der Waals surface area contributed by atoms with Gasteiger partial charge in [0, 0.05) is 19.7 Å². The number of nitrogens with zero attached hydrogens (tertiary/aromatic N) is 1. The van der Waals surface area contributed by atoms with Gasteiger partial charge >= 0.3 is 0 Å². The minimum atomic E-state index is -3.79. The van der Waals surface area contributed by atoms with E-state index in [2.05, 4.69) is 15.0 Å². The van der Waals surface area contributed by atoms with E-state index in [-0.39, 0.29) is 22.2 Å². The number of amides is 1. The smallest absolute Gasteiger partial charge is 0.240 e. The largest absolute Gasteiger partial charge is 0.302 e. The zero-order chi connectivity index (χ0) is 22.8. The van der Waals surface area contributed by atoms with Crippen LogP contribution in [0.2, 0.25) is 0 Å². The van der Waals surface area contributed by atoms with E-state index in [0.717, 1.165) is 6.26 Å². The van der Waals surface area contributed by atoms with Gasteiger partial charge in [-0.05, 0) is 36.2 Å². The van der Waals surface area contributed by atoms with Crippen molar-refractivity contribution in [2.45, 2.75) is 30.2 Å². The summed E-state index contributed by atoms with van der Waals surface area (Å²) in [7, 11) is -7.43. The Balaban J connectivity index is 1.95. The summed E-state index contributed by atoms with van der Waals surface area (Å²) < 4.78 is 52.3. The molecule has 0 aliphatic carbocycles. The van der Waals surface area contributed by atoms with E-state index in [4.69, 9.17) is 0 Å². The van der Waals surface area contributed by atoms with E-state index in [1.54, 1.807) is 37.3 Å². The Labute approximate surface area is 185 Å². The summed E-state index contributed by atoms with van der Waals surface area (Å²) in [5.74, 6) is -0.252. The maximum Gasteiger partial charge on any atom is 0.240 e. The molecule has 3 rings (SSSR count). The highest BCUT2D eigenvalue weighted by molar-refractivity contribution is 7.90. The lowest BCUT2D eigenvalue weighted by Gasteiger charge is -2.12. The number of hydrogen-bond donors (Lipinski definition) is 2. The van der Waals surface area contributed by atoms with E-state index in [1.807, 2.05) is 0 Å². The van der Waals surface area contributed by atoms with E-state index < -0.39 is 19.9 Å². The molecular weight excluding hydrogens is 458 g/mol. The van der Waals surface area contributed by atoms with Gasteiger partial charge in [-0.1, -0.05) is 41.7 Å². The van der Waals surface area contributed by atoms with Crippen LogP contribution in [-0.2, 0) is 31.2 Å². The molecule has 0 bridgehead atoms. The fraction of sp³-hybridized carbons (Fsp3) is 0.200. The van der Waals surface area contributed by atoms with Crippen molar-refractivity contribution in [3.8, 4) is 10.4 Å². The second-order valence-electron chi connectivity index (χ2n) is 6.85. The standard InChI is InChI=1S/C20H21N3O5S3/c1-13-19(29-20(22-13)23-14(2)24)15-9-10-16(18(11-15)30(3,25)26)12-21-31(27,28)17-7-5-4-6-8-17/h4-11,21H,12H2,1-3H3,(H,22,23,24). The zero-order valence-electron chi connectivity index (χ0n) is 17.0. The Bertz CT molecular complexity index is 1330. The van der Waals surface area contributed by atoms with Crippen LogP contribution < -0.4 is 10.0 Å². The molecule has 0 saturated carbocycles. The molecule has 164 valence electrons. The number of sulfonamides is 1. The van der Waals surface area contributed by atoms with Crippen LogP contribution in [-0.4, -0.2) is 34.0 Å². The van der Waals surface area contributed by atoms with Gasteiger partial charge in [0.1, 0.15) is 0 Å². The summed E-state index contributed by atoms with van der Waals surface area (Å²) in [6.45, 7) is 2.96. The summed E-state index contributed by atoms with van der Waals surface area (Å²) in [6, 6.07) is 12.6. The molecule has 2 aromatic carbocycles. The fourth-order valence-electron chi connectivity index (χ4n) is 2.91. The number of benzene rings is 2. The Kier molecular flexibility index (Phi) is 6.60. The van der Waals surface area contributed by atoms with Crippen molar-refractivity contribution in [2.24, 2.45) is 0 Å². The normalized spacial score (nSPS) is 12.0. The van der Waals surface area contributed by atoms with Gasteiger partial charge in [0.05, 0.1) is 20.4 Å². The fourth-order valence-corrected chi connectivity index (χ4v) is 5.91. The molecule has 0 aliphatic heterocycles. The summed E-state index contributed by atoms with van der Waals surface area (Å²) >= 11 is 1.23. The van der Waals surface area contributed by atoms with Crippen molar-refractivity contribution in [1.82, 2.24) is 9.71 Å². The average Bonchev–Trinajstić information content (AvgIpc) is 3.05. The van der Waals surface area contributed by atoms with Crippen molar-refractivity contribution in [3.05, 3.63) is 59.8 Å². The Morgan fingerprint density at radius 3 is 2.35 bits per heavy atom. The number of hydrogen-bond acceptors (Lipinski definition) is 7. The number of carbonyl (C=O) groups is 1. The highest BCUT2D eigenvalue weighted by atomic mass is 32.2. The molecule has 1 heterocycles. The van der Waals surface area contributed by atoms with Gasteiger partial charge in [-0.2, -0.15) is 0 Å². The Morgan fingerprint density at radius 1 is 1.06 bits per heavy atom. The van der Waals surface area contributed by atoms with Crippen LogP contribution in [0, 0.1) is 6.92 Å². The molecule has 0 radical (unpaired) electrons. The lowest BCUT2D eigenvalue weighted by Crippen LogP contribution is -2.24. The van der Waals surface area contributed by atoms with Crippen molar-refractivity contribution in [1.29, 1.82) is 0 Å². The summed E-state index contributed by atoms with van der Waals surface area (Å²) in [6.07, 6.45) is 1.07. The second-order valence-corrected chi connectivity index (χ2v) is 11.6. The molecule has 8 nitrogen and oxygen atoms in total. The van der Waals surface area contributed by atoms with Gasteiger partial charge in [-0.3, -0.25) is 4.79 Å². The topological polar surface area (TPSA) is 122 Å². The Hall–Kier alpha value is -2.60. The third-order valence-electron chi connectivity index (χ3n) is 4.31. The molecule has 1 amide bonds. The lowest BCUT2D eigenvalue weighted by atomic mass is 10.1. The van der Waals surface area contributed by atoms with E-state index in [9.17, 15) is 21.6 Å². The maximum absolute atomic E-state index is 12.5. The monoisotopic (exact) mass is 479 g/mol. The van der Waals surface area contributed by atoms with Gasteiger partial charge < -0.3 is 5.32 Å². The molecule has 0 spiro atoms. The van der Waals surface area contributed by atoms with Crippen molar-refractivity contribution in [3.63, 3.8) is 0 Å². The van der Waals surface area contributed by atoms with Crippen molar-refractivity contribution in [2.75, 3.05) is 11.6 Å². The third-order valence-corrected chi connectivity index (χ3v) is 8.03. The minimum absolute atomic E-state index is 0.0228. The van der Waals surface area contributed by atoms with Crippen LogP contribution in [0.4, 0.5) is 5.13 Å². The number of aromatic nitrogens is 1. The SMILES string of the molecule is CC(=O)Nc1nc(C)c(-c2ccc(CNS(=O)(=O)c3ccccc3)c(S(C)(=O)=O)c2)s1. The van der Waals surface area contributed by atoms with Gasteiger partial charge in [0.25, 0.3) is 0 Å². The number of sulfone groups is 1. The minimum Gasteiger partial charge on any atom is -0.302 e. The number of thiazole rings is 1. The predicted molar refractivity (Wildman–Crippen MR) is 120 cm³/mol. The zero-order valence-corrected chi connectivity index (χ0v) is 19.5. The first-order valence-corrected chi connectivity index (χ1v) is 13.3. The molecule has 31 heavy (non-hydrogen) atoms. The summed E-state index contributed by atoms with van der Waals surface area (Å²) in [5, 5.41) is 3.04. The number of aryl methyl sites for hydroxylation is 1. The van der Waals surface area contributed by atoms with Gasteiger partial charge in [-0.25, -0.2) is 26.5 Å². The molecule has 11 heteroatoms. The van der Waals surface area contributed by atoms with Gasteiger partial charge in [0.15, 0.2) is 15.0 Å². The van der Waals surface area contributed by atoms with Crippen LogP contribution >= 0.6 is 11.3 Å². The lowest BCUT2D eigenvalue weighted by molar-refractivity contribution is -0.114. The molecule has 0 fully saturated rings.